The second-order valence-electron chi connectivity index (χ2n) is 7.49. The van der Waals surface area contributed by atoms with Crippen molar-refractivity contribution >= 4 is 33.6 Å². The van der Waals surface area contributed by atoms with Crippen molar-refractivity contribution in [3.63, 3.8) is 0 Å². The minimum atomic E-state index is -3.45. The third-order valence-electron chi connectivity index (χ3n) is 4.20. The molecule has 1 aliphatic rings. The minimum absolute atomic E-state index is 0.0629. The smallest absolute Gasteiger partial charge is 0.255 e. The molecular formula is C19H29N3O4S2. The molecular weight excluding hydrogens is 398 g/mol. The summed E-state index contributed by atoms with van der Waals surface area (Å²) in [6.07, 6.45) is 0.417. The van der Waals surface area contributed by atoms with Gasteiger partial charge >= 0.3 is 0 Å². The average Bonchev–Trinajstić information content (AvgIpc) is 3.09. The second-order valence-corrected chi connectivity index (χ2v) is 10.5. The summed E-state index contributed by atoms with van der Waals surface area (Å²) in [7, 11) is -3.45. The van der Waals surface area contributed by atoms with Crippen molar-refractivity contribution < 1.29 is 18.0 Å². The fourth-order valence-electron chi connectivity index (χ4n) is 3.04. The van der Waals surface area contributed by atoms with E-state index < -0.39 is 15.3 Å². The van der Waals surface area contributed by atoms with Crippen LogP contribution in [0.4, 0.5) is 0 Å². The number of nitrogens with one attached hydrogen (secondary N) is 2. The van der Waals surface area contributed by atoms with Gasteiger partial charge in [-0.3, -0.25) is 9.59 Å². The summed E-state index contributed by atoms with van der Waals surface area (Å²) in [5.74, 6) is -0.0680. The maximum atomic E-state index is 13.0. The summed E-state index contributed by atoms with van der Waals surface area (Å²) < 4.78 is 27.4. The molecule has 7 nitrogen and oxygen atoms in total. The van der Waals surface area contributed by atoms with E-state index >= 15 is 0 Å². The molecule has 1 aromatic carbocycles. The van der Waals surface area contributed by atoms with Gasteiger partial charge in [0.15, 0.2) is 0 Å². The Balaban J connectivity index is 2.06. The zero-order chi connectivity index (χ0) is 20.9. The molecule has 1 aromatic rings. The number of thioether (sulfide) groups is 1. The zero-order valence-electron chi connectivity index (χ0n) is 16.8. The Labute approximate surface area is 171 Å². The molecule has 2 rings (SSSR count). The lowest BCUT2D eigenvalue weighted by Gasteiger charge is -2.19. The van der Waals surface area contributed by atoms with Gasteiger partial charge in [0.1, 0.15) is 0 Å². The van der Waals surface area contributed by atoms with Crippen LogP contribution in [-0.4, -0.2) is 61.3 Å². The highest BCUT2D eigenvalue weighted by molar-refractivity contribution is 8.00. The zero-order valence-corrected chi connectivity index (χ0v) is 18.4. The van der Waals surface area contributed by atoms with Crippen molar-refractivity contribution in [2.24, 2.45) is 0 Å². The van der Waals surface area contributed by atoms with Crippen molar-refractivity contribution in [1.82, 2.24) is 14.9 Å². The van der Waals surface area contributed by atoms with Gasteiger partial charge in [-0.1, -0.05) is 12.1 Å². The van der Waals surface area contributed by atoms with Gasteiger partial charge in [0.05, 0.1) is 16.6 Å². The van der Waals surface area contributed by atoms with Gasteiger partial charge in [-0.25, -0.2) is 13.1 Å². The Kier molecular flexibility index (Phi) is 7.91. The largest absolute Gasteiger partial charge is 0.353 e. The summed E-state index contributed by atoms with van der Waals surface area (Å²) in [6.45, 7) is 7.91. The molecule has 1 fully saturated rings. The number of benzene rings is 1. The number of sulfonamides is 1. The molecule has 0 aromatic heterocycles. The monoisotopic (exact) mass is 427 g/mol. The molecule has 28 heavy (non-hydrogen) atoms. The van der Waals surface area contributed by atoms with Crippen LogP contribution in [0.1, 0.15) is 44.5 Å². The van der Waals surface area contributed by atoms with E-state index in [1.54, 1.807) is 30.9 Å². The molecule has 0 radical (unpaired) electrons. The number of hydrogen-bond acceptors (Lipinski definition) is 5. The van der Waals surface area contributed by atoms with Crippen molar-refractivity contribution in [3.8, 4) is 0 Å². The SMILES string of the molecule is CC(C)NC(=O)CSc1ccccc1C(=O)N1CCC(S(=O)(=O)NC(C)C)C1. The number of amides is 2. The molecule has 1 heterocycles. The van der Waals surface area contributed by atoms with Gasteiger partial charge < -0.3 is 10.2 Å². The molecule has 0 saturated carbocycles. The first-order chi connectivity index (χ1) is 13.1. The molecule has 2 N–H and O–H groups in total. The Morgan fingerprint density at radius 1 is 1.18 bits per heavy atom. The molecule has 9 heteroatoms. The number of likely N-dealkylation sites (tertiary alicyclic amines) is 1. The number of carbonyl (C=O) groups is 2. The standard InChI is InChI=1S/C19H29N3O4S2/c1-13(2)20-18(23)12-27-17-8-6-5-7-16(17)19(24)22-10-9-15(11-22)28(25,26)21-14(3)4/h5-8,13-15,21H,9-12H2,1-4H3,(H,20,23). The van der Waals surface area contributed by atoms with Crippen molar-refractivity contribution in [3.05, 3.63) is 29.8 Å². The Hall–Kier alpha value is -1.58. The van der Waals surface area contributed by atoms with Crippen LogP contribution in [0.15, 0.2) is 29.2 Å². The highest BCUT2D eigenvalue weighted by Crippen LogP contribution is 2.26. The van der Waals surface area contributed by atoms with Gasteiger partial charge in [0.25, 0.3) is 5.91 Å². The lowest BCUT2D eigenvalue weighted by molar-refractivity contribution is -0.119. The highest BCUT2D eigenvalue weighted by Gasteiger charge is 2.36. The van der Waals surface area contributed by atoms with Crippen LogP contribution in [0.2, 0.25) is 0 Å². The Morgan fingerprint density at radius 2 is 1.86 bits per heavy atom. The normalized spacial score (nSPS) is 17.4. The molecule has 2 amide bonds. The highest BCUT2D eigenvalue weighted by atomic mass is 32.2. The van der Waals surface area contributed by atoms with Gasteiger partial charge in [-0.15, -0.1) is 11.8 Å². The van der Waals surface area contributed by atoms with E-state index in [4.69, 9.17) is 0 Å². The minimum Gasteiger partial charge on any atom is -0.353 e. The van der Waals surface area contributed by atoms with Crippen LogP contribution < -0.4 is 10.0 Å². The molecule has 1 aliphatic heterocycles. The predicted octanol–water partition coefficient (Wildman–Crippen LogP) is 1.85. The quantitative estimate of drug-likeness (QED) is 0.617. The number of nitrogens with zero attached hydrogens (tertiary/aromatic N) is 1. The number of carbonyl (C=O) groups excluding carboxylic acids is 2. The Morgan fingerprint density at radius 3 is 2.50 bits per heavy atom. The van der Waals surface area contributed by atoms with Crippen LogP contribution in [0.25, 0.3) is 0 Å². The second kappa shape index (κ2) is 9.76. The summed E-state index contributed by atoms with van der Waals surface area (Å²) in [5, 5.41) is 2.22. The molecule has 156 valence electrons. The van der Waals surface area contributed by atoms with Crippen molar-refractivity contribution in [2.75, 3.05) is 18.8 Å². The van der Waals surface area contributed by atoms with E-state index in [0.29, 0.717) is 18.5 Å². The van der Waals surface area contributed by atoms with Crippen LogP contribution in [-0.2, 0) is 14.8 Å². The maximum Gasteiger partial charge on any atom is 0.255 e. The predicted molar refractivity (Wildman–Crippen MR) is 112 cm³/mol. The lowest BCUT2D eigenvalue weighted by Crippen LogP contribution is -2.40. The van der Waals surface area contributed by atoms with E-state index in [9.17, 15) is 18.0 Å². The third-order valence-corrected chi connectivity index (χ3v) is 7.33. The van der Waals surface area contributed by atoms with E-state index in [1.807, 2.05) is 26.0 Å². The molecule has 1 atom stereocenters. The maximum absolute atomic E-state index is 13.0. The summed E-state index contributed by atoms with van der Waals surface area (Å²) in [5.41, 5.74) is 0.500. The van der Waals surface area contributed by atoms with Gasteiger partial charge in [-0.05, 0) is 46.2 Å². The summed E-state index contributed by atoms with van der Waals surface area (Å²) in [6, 6.07) is 7.01. The van der Waals surface area contributed by atoms with Crippen molar-refractivity contribution in [2.45, 2.75) is 56.3 Å². The molecule has 1 saturated heterocycles. The van der Waals surface area contributed by atoms with E-state index in [2.05, 4.69) is 10.0 Å². The van der Waals surface area contributed by atoms with E-state index in [-0.39, 0.29) is 36.2 Å². The molecule has 0 spiro atoms. The van der Waals surface area contributed by atoms with Gasteiger partial charge in [0.2, 0.25) is 15.9 Å². The fraction of sp³-hybridized carbons (Fsp3) is 0.579. The lowest BCUT2D eigenvalue weighted by atomic mass is 10.2. The van der Waals surface area contributed by atoms with Crippen LogP contribution in [0, 0.1) is 0 Å². The fourth-order valence-corrected chi connectivity index (χ4v) is 5.53. The van der Waals surface area contributed by atoms with E-state index in [0.717, 1.165) is 4.90 Å². The molecule has 1 unspecified atom stereocenters. The first-order valence-corrected chi connectivity index (χ1v) is 11.9. The molecule has 0 aliphatic carbocycles. The van der Waals surface area contributed by atoms with E-state index in [1.165, 1.54) is 11.8 Å². The first kappa shape index (κ1) is 22.7. The Bertz CT molecular complexity index is 809. The van der Waals surface area contributed by atoms with Crippen LogP contribution in [0.5, 0.6) is 0 Å². The third kappa shape index (κ3) is 6.22. The average molecular weight is 428 g/mol. The van der Waals surface area contributed by atoms with Gasteiger partial charge in [0, 0.05) is 30.1 Å². The summed E-state index contributed by atoms with van der Waals surface area (Å²) >= 11 is 1.31. The van der Waals surface area contributed by atoms with Crippen LogP contribution in [0.3, 0.4) is 0 Å². The van der Waals surface area contributed by atoms with Crippen molar-refractivity contribution in [1.29, 1.82) is 0 Å². The number of hydrogen-bond donors (Lipinski definition) is 2. The molecule has 0 bridgehead atoms. The van der Waals surface area contributed by atoms with Gasteiger partial charge in [-0.2, -0.15) is 0 Å². The first-order valence-electron chi connectivity index (χ1n) is 9.41. The summed E-state index contributed by atoms with van der Waals surface area (Å²) in [4.78, 5) is 27.2. The topological polar surface area (TPSA) is 95.6 Å². The number of rotatable bonds is 8. The van der Waals surface area contributed by atoms with Crippen LogP contribution >= 0.6 is 11.8 Å².